The topological polar surface area (TPSA) is 59.1 Å². The lowest BCUT2D eigenvalue weighted by Gasteiger charge is -2.23. The summed E-state index contributed by atoms with van der Waals surface area (Å²) in [7, 11) is 5.06. The van der Waals surface area contributed by atoms with Crippen LogP contribution in [-0.2, 0) is 16.0 Å². The predicted molar refractivity (Wildman–Crippen MR) is 108 cm³/mol. The Morgan fingerprint density at radius 3 is 2.39 bits per heavy atom. The predicted octanol–water partition coefficient (Wildman–Crippen LogP) is 3.16. The van der Waals surface area contributed by atoms with Crippen LogP contribution in [0, 0.1) is 0 Å². The number of hydrogen-bond donors (Lipinski definition) is 0. The molecule has 0 N–H and O–H groups in total. The zero-order valence-corrected chi connectivity index (χ0v) is 16.9. The van der Waals surface area contributed by atoms with E-state index < -0.39 is 6.04 Å². The molecule has 148 valence electrons. The van der Waals surface area contributed by atoms with E-state index in [2.05, 4.69) is 0 Å². The van der Waals surface area contributed by atoms with E-state index >= 15 is 0 Å². The van der Waals surface area contributed by atoms with Crippen LogP contribution < -0.4 is 14.4 Å². The summed E-state index contributed by atoms with van der Waals surface area (Å²) < 4.78 is 10.6. The quantitative estimate of drug-likeness (QED) is 0.666. The number of rotatable bonds is 7. The monoisotopic (exact) mass is 402 g/mol. The van der Waals surface area contributed by atoms with Gasteiger partial charge in [-0.15, -0.1) is 0 Å². The summed E-state index contributed by atoms with van der Waals surface area (Å²) >= 11 is 5.90. The molecule has 0 radical (unpaired) electrons. The highest BCUT2D eigenvalue weighted by molar-refractivity contribution is 6.30. The molecule has 1 fully saturated rings. The molecule has 28 heavy (non-hydrogen) atoms. The minimum atomic E-state index is -0.469. The normalized spacial score (nSPS) is 16.8. The average molecular weight is 403 g/mol. The van der Waals surface area contributed by atoms with Gasteiger partial charge in [-0.2, -0.15) is 0 Å². The van der Waals surface area contributed by atoms with Gasteiger partial charge in [-0.05, 0) is 55.4 Å². The molecule has 0 spiro atoms. The van der Waals surface area contributed by atoms with Crippen molar-refractivity contribution in [3.05, 3.63) is 53.1 Å². The largest absolute Gasteiger partial charge is 0.493 e. The van der Waals surface area contributed by atoms with E-state index in [1.54, 1.807) is 38.5 Å². The fourth-order valence-corrected chi connectivity index (χ4v) is 3.45. The number of nitrogens with zero attached hydrogens (tertiary/aromatic N) is 2. The van der Waals surface area contributed by atoms with Crippen molar-refractivity contribution >= 4 is 29.1 Å². The Kier molecular flexibility index (Phi) is 6.21. The number of carbonyl (C=O) groups excluding carboxylic acids is 2. The molecule has 0 unspecified atom stereocenters. The first kappa shape index (κ1) is 20.2. The van der Waals surface area contributed by atoms with Crippen LogP contribution in [0.2, 0.25) is 5.02 Å². The molecule has 1 aliphatic rings. The van der Waals surface area contributed by atoms with Crippen molar-refractivity contribution in [3.63, 3.8) is 0 Å². The highest BCUT2D eigenvalue weighted by Gasteiger charge is 2.41. The molecule has 2 aromatic rings. The molecule has 2 amide bonds. The molecule has 3 rings (SSSR count). The minimum Gasteiger partial charge on any atom is -0.493 e. The molecule has 2 aromatic carbocycles. The highest BCUT2D eigenvalue weighted by atomic mass is 35.5. The van der Waals surface area contributed by atoms with Crippen LogP contribution in [0.3, 0.4) is 0 Å². The van der Waals surface area contributed by atoms with Gasteiger partial charge in [0.1, 0.15) is 0 Å². The number of methoxy groups -OCH3 is 2. The van der Waals surface area contributed by atoms with Gasteiger partial charge in [-0.25, -0.2) is 4.90 Å². The van der Waals surface area contributed by atoms with E-state index in [0.29, 0.717) is 28.8 Å². The Hall–Kier alpha value is -2.57. The van der Waals surface area contributed by atoms with Gasteiger partial charge < -0.3 is 9.47 Å². The summed E-state index contributed by atoms with van der Waals surface area (Å²) in [6, 6.07) is 12.0. The second-order valence-electron chi connectivity index (χ2n) is 6.68. The summed E-state index contributed by atoms with van der Waals surface area (Å²) in [5.41, 5.74) is 1.62. The molecule has 1 heterocycles. The molecule has 1 aliphatic heterocycles. The molecule has 0 saturated carbocycles. The van der Waals surface area contributed by atoms with Gasteiger partial charge in [0, 0.05) is 11.6 Å². The van der Waals surface area contributed by atoms with Crippen LogP contribution in [0.1, 0.15) is 12.0 Å². The van der Waals surface area contributed by atoms with Crippen molar-refractivity contribution in [2.24, 2.45) is 0 Å². The van der Waals surface area contributed by atoms with Gasteiger partial charge in [-0.1, -0.05) is 17.7 Å². The number of carbonyl (C=O) groups is 2. The zero-order chi connectivity index (χ0) is 20.3. The molecule has 1 saturated heterocycles. The van der Waals surface area contributed by atoms with Crippen molar-refractivity contribution < 1.29 is 19.1 Å². The van der Waals surface area contributed by atoms with E-state index in [1.165, 1.54) is 4.90 Å². The molecule has 6 nitrogen and oxygen atoms in total. The van der Waals surface area contributed by atoms with Crippen LogP contribution in [0.15, 0.2) is 42.5 Å². The third kappa shape index (κ3) is 4.13. The SMILES string of the molecule is COc1ccc(CCN(C)[C@H]2CC(=O)N(c3ccc(Cl)cc3)C2=O)cc1OC. The lowest BCUT2D eigenvalue weighted by molar-refractivity contribution is -0.122. The van der Waals surface area contributed by atoms with E-state index in [1.807, 2.05) is 30.1 Å². The van der Waals surface area contributed by atoms with Gasteiger partial charge in [0.2, 0.25) is 5.91 Å². The van der Waals surface area contributed by atoms with Gasteiger partial charge in [-0.3, -0.25) is 14.5 Å². The second-order valence-corrected chi connectivity index (χ2v) is 7.12. The summed E-state index contributed by atoms with van der Waals surface area (Å²) in [6.45, 7) is 0.633. The highest BCUT2D eigenvalue weighted by Crippen LogP contribution is 2.29. The fourth-order valence-electron chi connectivity index (χ4n) is 3.32. The van der Waals surface area contributed by atoms with Gasteiger partial charge >= 0.3 is 0 Å². The van der Waals surface area contributed by atoms with Crippen molar-refractivity contribution in [2.75, 3.05) is 32.7 Å². The molecule has 0 bridgehead atoms. The Labute approximate surface area is 169 Å². The first-order valence-electron chi connectivity index (χ1n) is 8.98. The van der Waals surface area contributed by atoms with Crippen LogP contribution in [0.5, 0.6) is 11.5 Å². The summed E-state index contributed by atoms with van der Waals surface area (Å²) in [4.78, 5) is 28.4. The van der Waals surface area contributed by atoms with E-state index in [0.717, 1.165) is 12.0 Å². The maximum atomic E-state index is 12.8. The van der Waals surface area contributed by atoms with Crippen molar-refractivity contribution in [2.45, 2.75) is 18.9 Å². The lowest BCUT2D eigenvalue weighted by Crippen LogP contribution is -2.40. The third-order valence-electron chi connectivity index (χ3n) is 4.94. The number of imide groups is 1. The number of anilines is 1. The van der Waals surface area contributed by atoms with Crippen molar-refractivity contribution in [3.8, 4) is 11.5 Å². The maximum Gasteiger partial charge on any atom is 0.251 e. The fraction of sp³-hybridized carbons (Fsp3) is 0.333. The second kappa shape index (κ2) is 8.63. The number of amides is 2. The summed E-state index contributed by atoms with van der Waals surface area (Å²) in [6.07, 6.45) is 0.889. The van der Waals surface area contributed by atoms with Crippen LogP contribution >= 0.6 is 11.6 Å². The van der Waals surface area contributed by atoms with E-state index in [9.17, 15) is 9.59 Å². The van der Waals surface area contributed by atoms with Crippen molar-refractivity contribution in [1.82, 2.24) is 4.90 Å². The van der Waals surface area contributed by atoms with Crippen LogP contribution in [0.4, 0.5) is 5.69 Å². The number of halogens is 1. The molecule has 1 atom stereocenters. The number of hydrogen-bond acceptors (Lipinski definition) is 5. The number of ether oxygens (including phenoxy) is 2. The molecule has 0 aliphatic carbocycles. The van der Waals surface area contributed by atoms with E-state index in [-0.39, 0.29) is 18.2 Å². The Bertz CT molecular complexity index is 869. The maximum absolute atomic E-state index is 12.8. The van der Waals surface area contributed by atoms with Gasteiger partial charge in [0.15, 0.2) is 11.5 Å². The minimum absolute atomic E-state index is 0.171. The van der Waals surface area contributed by atoms with Crippen LogP contribution in [-0.4, -0.2) is 50.6 Å². The molecule has 0 aromatic heterocycles. The summed E-state index contributed by atoms with van der Waals surface area (Å²) in [5.74, 6) is 0.941. The Morgan fingerprint density at radius 1 is 1.07 bits per heavy atom. The standard InChI is InChI=1S/C21H23ClN2O4/c1-23(11-10-14-4-9-18(27-2)19(12-14)28-3)17-13-20(25)24(21(17)26)16-7-5-15(22)6-8-16/h4-9,12,17H,10-11,13H2,1-3H3/t17-/m0/s1. The average Bonchev–Trinajstić information content (AvgIpc) is 3.00. The molecular formula is C21H23ClN2O4. The number of likely N-dealkylation sites (N-methyl/N-ethyl adjacent to an activating group) is 1. The first-order valence-corrected chi connectivity index (χ1v) is 9.36. The lowest BCUT2D eigenvalue weighted by atomic mass is 10.1. The smallest absolute Gasteiger partial charge is 0.251 e. The van der Waals surface area contributed by atoms with Gasteiger partial charge in [0.05, 0.1) is 32.4 Å². The summed E-state index contributed by atoms with van der Waals surface area (Å²) in [5, 5.41) is 0.562. The molecular weight excluding hydrogens is 380 g/mol. The van der Waals surface area contributed by atoms with E-state index in [4.69, 9.17) is 21.1 Å². The van der Waals surface area contributed by atoms with Gasteiger partial charge in [0.25, 0.3) is 5.91 Å². The van der Waals surface area contributed by atoms with Crippen LogP contribution in [0.25, 0.3) is 0 Å². The zero-order valence-electron chi connectivity index (χ0n) is 16.1. The Balaban J connectivity index is 1.66. The Morgan fingerprint density at radius 2 is 1.75 bits per heavy atom. The molecule has 7 heteroatoms. The third-order valence-corrected chi connectivity index (χ3v) is 5.19. The number of benzene rings is 2. The first-order chi connectivity index (χ1) is 13.4. The van der Waals surface area contributed by atoms with Crippen molar-refractivity contribution in [1.29, 1.82) is 0 Å².